The maximum Gasteiger partial charge on any atom is 0.0437 e. The van der Waals surface area contributed by atoms with Crippen molar-refractivity contribution in [2.24, 2.45) is 0 Å². The van der Waals surface area contributed by atoms with E-state index in [1.165, 1.54) is 41.8 Å². The van der Waals surface area contributed by atoms with Crippen molar-refractivity contribution in [3.05, 3.63) is 59.7 Å². The normalized spacial score (nSPS) is 10.5. The predicted octanol–water partition coefficient (Wildman–Crippen LogP) is 5.11. The quantitative estimate of drug-likeness (QED) is 0.716. The average Bonchev–Trinajstić information content (AvgIpc) is 2.45. The van der Waals surface area contributed by atoms with Crippen molar-refractivity contribution >= 4 is 11.4 Å². The van der Waals surface area contributed by atoms with E-state index in [1.54, 1.807) is 0 Å². The zero-order chi connectivity index (χ0) is 13.7. The summed E-state index contributed by atoms with van der Waals surface area (Å²) in [6, 6.07) is 17.3. The summed E-state index contributed by atoms with van der Waals surface area (Å²) in [5.74, 6) is 0. The fraction of sp³-hybridized carbons (Fsp3) is 0.333. The Balaban J connectivity index is 2.21. The van der Waals surface area contributed by atoms with Crippen LogP contribution >= 0.6 is 0 Å². The minimum Gasteiger partial charge on any atom is -0.344 e. The van der Waals surface area contributed by atoms with Crippen LogP contribution in [0.4, 0.5) is 11.4 Å². The first-order chi connectivity index (χ1) is 9.22. The van der Waals surface area contributed by atoms with Crippen LogP contribution in [0.3, 0.4) is 0 Å². The van der Waals surface area contributed by atoms with Crippen LogP contribution in [-0.2, 0) is 6.42 Å². The largest absolute Gasteiger partial charge is 0.344 e. The van der Waals surface area contributed by atoms with Gasteiger partial charge in [0.25, 0.3) is 0 Å². The standard InChI is InChI=1S/C18H23N/c1-4-5-9-16-12-13-18(15(2)14-16)19(3)17-10-7-6-8-11-17/h6-8,10-14H,4-5,9H2,1-3H3. The van der Waals surface area contributed by atoms with Gasteiger partial charge in [0.1, 0.15) is 0 Å². The third kappa shape index (κ3) is 3.37. The molecule has 2 aromatic carbocycles. The molecule has 0 fully saturated rings. The maximum absolute atomic E-state index is 2.32. The second kappa shape index (κ2) is 6.42. The highest BCUT2D eigenvalue weighted by Gasteiger charge is 2.07. The van der Waals surface area contributed by atoms with Gasteiger partial charge in [-0.15, -0.1) is 0 Å². The Morgan fingerprint density at radius 2 is 1.74 bits per heavy atom. The molecule has 1 nitrogen and oxygen atoms in total. The van der Waals surface area contributed by atoms with E-state index in [2.05, 4.69) is 74.3 Å². The third-order valence-corrected chi connectivity index (χ3v) is 3.59. The first-order valence-electron chi connectivity index (χ1n) is 7.10. The molecule has 0 bridgehead atoms. The van der Waals surface area contributed by atoms with Crippen molar-refractivity contribution < 1.29 is 0 Å². The molecule has 2 rings (SSSR count). The van der Waals surface area contributed by atoms with E-state index in [1.807, 2.05) is 0 Å². The molecule has 0 aliphatic carbocycles. The molecule has 19 heavy (non-hydrogen) atoms. The van der Waals surface area contributed by atoms with Crippen LogP contribution in [-0.4, -0.2) is 7.05 Å². The summed E-state index contributed by atoms with van der Waals surface area (Å²) in [7, 11) is 2.13. The first-order valence-corrected chi connectivity index (χ1v) is 7.10. The molecule has 0 aliphatic heterocycles. The van der Waals surface area contributed by atoms with E-state index >= 15 is 0 Å². The Morgan fingerprint density at radius 1 is 1.00 bits per heavy atom. The third-order valence-electron chi connectivity index (χ3n) is 3.59. The Bertz CT molecular complexity index is 516. The fourth-order valence-electron chi connectivity index (χ4n) is 2.42. The number of hydrogen-bond acceptors (Lipinski definition) is 1. The summed E-state index contributed by atoms with van der Waals surface area (Å²) in [6.45, 7) is 4.44. The highest BCUT2D eigenvalue weighted by molar-refractivity contribution is 5.65. The number of aryl methyl sites for hydroxylation is 2. The van der Waals surface area contributed by atoms with Crippen LogP contribution in [0.1, 0.15) is 30.9 Å². The monoisotopic (exact) mass is 253 g/mol. The average molecular weight is 253 g/mol. The Hall–Kier alpha value is -1.76. The lowest BCUT2D eigenvalue weighted by molar-refractivity contribution is 0.794. The summed E-state index contributed by atoms with van der Waals surface area (Å²) < 4.78 is 0. The fourth-order valence-corrected chi connectivity index (χ4v) is 2.42. The Labute approximate surface area is 116 Å². The summed E-state index contributed by atoms with van der Waals surface area (Å²) in [4.78, 5) is 2.25. The molecule has 100 valence electrons. The number of hydrogen-bond donors (Lipinski definition) is 0. The second-order valence-corrected chi connectivity index (χ2v) is 5.12. The van der Waals surface area contributed by atoms with Gasteiger partial charge in [-0.3, -0.25) is 0 Å². The van der Waals surface area contributed by atoms with Gasteiger partial charge in [0.15, 0.2) is 0 Å². The molecule has 0 saturated heterocycles. The summed E-state index contributed by atoms with van der Waals surface area (Å²) in [5.41, 5.74) is 5.31. The second-order valence-electron chi connectivity index (χ2n) is 5.12. The Morgan fingerprint density at radius 3 is 2.37 bits per heavy atom. The highest BCUT2D eigenvalue weighted by atomic mass is 15.1. The number of unbranched alkanes of at least 4 members (excludes halogenated alkanes) is 1. The first kappa shape index (κ1) is 13.7. The molecule has 0 radical (unpaired) electrons. The predicted molar refractivity (Wildman–Crippen MR) is 84.3 cm³/mol. The molecule has 2 aromatic rings. The molecule has 0 saturated carbocycles. The van der Waals surface area contributed by atoms with Crippen molar-refractivity contribution in [1.82, 2.24) is 0 Å². The van der Waals surface area contributed by atoms with Crippen LogP contribution in [0, 0.1) is 6.92 Å². The molecule has 0 aromatic heterocycles. The van der Waals surface area contributed by atoms with Gasteiger partial charge in [-0.05, 0) is 49.1 Å². The van der Waals surface area contributed by atoms with Crippen LogP contribution in [0.25, 0.3) is 0 Å². The van der Waals surface area contributed by atoms with E-state index in [9.17, 15) is 0 Å². The van der Waals surface area contributed by atoms with Crippen LogP contribution in [0.2, 0.25) is 0 Å². The lowest BCUT2D eigenvalue weighted by atomic mass is 10.0. The van der Waals surface area contributed by atoms with Crippen LogP contribution < -0.4 is 4.90 Å². The molecule has 0 aliphatic rings. The molecular formula is C18H23N. The minimum atomic E-state index is 1.19. The smallest absolute Gasteiger partial charge is 0.0437 e. The minimum absolute atomic E-state index is 1.19. The van der Waals surface area contributed by atoms with E-state index in [0.717, 1.165) is 0 Å². The number of nitrogens with zero attached hydrogens (tertiary/aromatic N) is 1. The molecule has 0 amide bonds. The van der Waals surface area contributed by atoms with E-state index < -0.39 is 0 Å². The molecule has 1 heteroatoms. The van der Waals surface area contributed by atoms with Gasteiger partial charge in [0, 0.05) is 18.4 Å². The molecule has 0 spiro atoms. The van der Waals surface area contributed by atoms with Gasteiger partial charge >= 0.3 is 0 Å². The number of benzene rings is 2. The van der Waals surface area contributed by atoms with Gasteiger partial charge < -0.3 is 4.90 Å². The zero-order valence-electron chi connectivity index (χ0n) is 12.2. The molecule has 0 atom stereocenters. The molecular weight excluding hydrogens is 230 g/mol. The number of anilines is 2. The van der Waals surface area contributed by atoms with E-state index in [4.69, 9.17) is 0 Å². The topological polar surface area (TPSA) is 3.24 Å². The molecule has 0 heterocycles. The lowest BCUT2D eigenvalue weighted by Crippen LogP contribution is -2.10. The zero-order valence-corrected chi connectivity index (χ0v) is 12.2. The number of para-hydroxylation sites is 1. The summed E-state index contributed by atoms with van der Waals surface area (Å²) in [5, 5.41) is 0. The van der Waals surface area contributed by atoms with Gasteiger partial charge in [0.05, 0.1) is 0 Å². The number of rotatable bonds is 5. The van der Waals surface area contributed by atoms with Crippen molar-refractivity contribution in [3.63, 3.8) is 0 Å². The van der Waals surface area contributed by atoms with Crippen LogP contribution in [0.5, 0.6) is 0 Å². The molecule has 0 N–H and O–H groups in total. The van der Waals surface area contributed by atoms with Crippen molar-refractivity contribution in [1.29, 1.82) is 0 Å². The van der Waals surface area contributed by atoms with Gasteiger partial charge in [-0.25, -0.2) is 0 Å². The van der Waals surface area contributed by atoms with Gasteiger partial charge in [-0.1, -0.05) is 43.7 Å². The van der Waals surface area contributed by atoms with E-state index in [-0.39, 0.29) is 0 Å². The highest BCUT2D eigenvalue weighted by Crippen LogP contribution is 2.27. The maximum atomic E-state index is 2.32. The van der Waals surface area contributed by atoms with E-state index in [0.29, 0.717) is 0 Å². The summed E-state index contributed by atoms with van der Waals surface area (Å²) in [6.07, 6.45) is 3.71. The summed E-state index contributed by atoms with van der Waals surface area (Å²) >= 11 is 0. The SMILES string of the molecule is CCCCc1ccc(N(C)c2ccccc2)c(C)c1. The van der Waals surface area contributed by atoms with Crippen LogP contribution in [0.15, 0.2) is 48.5 Å². The van der Waals surface area contributed by atoms with Crippen molar-refractivity contribution in [3.8, 4) is 0 Å². The van der Waals surface area contributed by atoms with Crippen molar-refractivity contribution in [2.45, 2.75) is 33.1 Å². The van der Waals surface area contributed by atoms with Crippen molar-refractivity contribution in [2.75, 3.05) is 11.9 Å². The Kier molecular flexibility index (Phi) is 4.62. The van der Waals surface area contributed by atoms with Gasteiger partial charge in [-0.2, -0.15) is 0 Å². The molecule has 0 unspecified atom stereocenters. The van der Waals surface area contributed by atoms with Gasteiger partial charge in [0.2, 0.25) is 0 Å². The lowest BCUT2D eigenvalue weighted by Gasteiger charge is -2.22.